The van der Waals surface area contributed by atoms with Gasteiger partial charge in [-0.2, -0.15) is 5.10 Å². The van der Waals surface area contributed by atoms with E-state index in [1.54, 1.807) is 0 Å². The van der Waals surface area contributed by atoms with Crippen LogP contribution in [0.1, 0.15) is 43.6 Å². The van der Waals surface area contributed by atoms with Crippen molar-refractivity contribution >= 4 is 5.91 Å². The molecule has 5 nitrogen and oxygen atoms in total. The first-order chi connectivity index (χ1) is 11.5. The van der Waals surface area contributed by atoms with Gasteiger partial charge in [0.25, 0.3) is 0 Å². The molecule has 0 aliphatic heterocycles. The normalized spacial score (nSPS) is 11.5. The molecule has 2 rings (SSSR count). The third-order valence-corrected chi connectivity index (χ3v) is 4.93. The Bertz CT molecular complexity index is 679. The van der Waals surface area contributed by atoms with Crippen LogP contribution < -0.4 is 11.1 Å². The predicted molar refractivity (Wildman–Crippen MR) is 97.3 cm³/mol. The summed E-state index contributed by atoms with van der Waals surface area (Å²) in [5.74, 6) is 0.00274. The molecule has 0 fully saturated rings. The summed E-state index contributed by atoms with van der Waals surface area (Å²) >= 11 is 0. The number of benzene rings is 1. The van der Waals surface area contributed by atoms with Crippen LogP contribution >= 0.6 is 0 Å². The Hall–Kier alpha value is -2.14. The minimum Gasteiger partial charge on any atom is -0.349 e. The Morgan fingerprint density at radius 2 is 1.83 bits per heavy atom. The first-order valence-electron chi connectivity index (χ1n) is 8.58. The number of hydrogen-bond donors (Lipinski definition) is 2. The maximum atomic E-state index is 12.6. The molecule has 0 atom stereocenters. The molecule has 0 aliphatic rings. The highest BCUT2D eigenvalue weighted by Gasteiger charge is 2.27. The molecule has 1 aromatic heterocycles. The molecule has 0 unspecified atom stereocenters. The van der Waals surface area contributed by atoms with Gasteiger partial charge in [-0.15, -0.1) is 0 Å². The Balaban J connectivity index is 2.22. The predicted octanol–water partition coefficient (Wildman–Crippen LogP) is 2.67. The van der Waals surface area contributed by atoms with E-state index < -0.39 is 0 Å². The molecular weight excluding hydrogens is 300 g/mol. The molecule has 0 saturated heterocycles. The molecular formula is C19H28N4O. The van der Waals surface area contributed by atoms with Gasteiger partial charge in [-0.05, 0) is 38.8 Å². The number of nitrogens with zero attached hydrogens (tertiary/aromatic N) is 2. The SMILES string of the molecule is CCC(CC)(CN)NC(=O)Cc1c(C)nn(-c2ccccc2)c1C. The third-order valence-electron chi connectivity index (χ3n) is 4.93. The van der Waals surface area contributed by atoms with Crippen LogP contribution in [0.2, 0.25) is 0 Å². The molecule has 1 aromatic carbocycles. The average molecular weight is 328 g/mol. The minimum absolute atomic E-state index is 0.00274. The number of para-hydroxylation sites is 1. The van der Waals surface area contributed by atoms with Crippen molar-refractivity contribution in [3.05, 3.63) is 47.3 Å². The highest BCUT2D eigenvalue weighted by Crippen LogP contribution is 2.19. The molecule has 0 radical (unpaired) electrons. The Morgan fingerprint density at radius 1 is 1.21 bits per heavy atom. The molecule has 130 valence electrons. The second-order valence-electron chi connectivity index (χ2n) is 6.31. The highest BCUT2D eigenvalue weighted by molar-refractivity contribution is 5.80. The molecule has 0 saturated carbocycles. The summed E-state index contributed by atoms with van der Waals surface area (Å²) in [4.78, 5) is 12.6. The van der Waals surface area contributed by atoms with Gasteiger partial charge in [-0.3, -0.25) is 4.79 Å². The Morgan fingerprint density at radius 3 is 2.38 bits per heavy atom. The molecule has 0 spiro atoms. The van der Waals surface area contributed by atoms with Gasteiger partial charge >= 0.3 is 0 Å². The largest absolute Gasteiger partial charge is 0.349 e. The van der Waals surface area contributed by atoms with Gasteiger partial charge in [0, 0.05) is 17.8 Å². The topological polar surface area (TPSA) is 72.9 Å². The lowest BCUT2D eigenvalue weighted by Crippen LogP contribution is -2.53. The first kappa shape index (κ1) is 18.2. The first-order valence-corrected chi connectivity index (χ1v) is 8.58. The van der Waals surface area contributed by atoms with Crippen LogP contribution in [0.3, 0.4) is 0 Å². The number of aryl methyl sites for hydroxylation is 1. The van der Waals surface area contributed by atoms with Gasteiger partial charge in [-0.1, -0.05) is 32.0 Å². The molecule has 1 heterocycles. The average Bonchev–Trinajstić information content (AvgIpc) is 2.89. The van der Waals surface area contributed by atoms with Crippen molar-refractivity contribution in [1.29, 1.82) is 0 Å². The number of nitrogens with two attached hydrogens (primary N) is 1. The zero-order chi connectivity index (χ0) is 17.7. The smallest absolute Gasteiger partial charge is 0.225 e. The van der Waals surface area contributed by atoms with Crippen LogP contribution in [-0.2, 0) is 11.2 Å². The lowest BCUT2D eigenvalue weighted by molar-refractivity contribution is -0.122. The van der Waals surface area contributed by atoms with Crippen LogP contribution in [0.5, 0.6) is 0 Å². The monoisotopic (exact) mass is 328 g/mol. The van der Waals surface area contributed by atoms with E-state index >= 15 is 0 Å². The fourth-order valence-electron chi connectivity index (χ4n) is 3.02. The summed E-state index contributed by atoms with van der Waals surface area (Å²) in [6.07, 6.45) is 1.98. The summed E-state index contributed by atoms with van der Waals surface area (Å²) in [6, 6.07) is 9.96. The van der Waals surface area contributed by atoms with Crippen molar-refractivity contribution < 1.29 is 4.79 Å². The van der Waals surface area contributed by atoms with Gasteiger partial charge in [0.1, 0.15) is 0 Å². The molecule has 0 bridgehead atoms. The summed E-state index contributed by atoms with van der Waals surface area (Å²) < 4.78 is 1.90. The molecule has 1 amide bonds. The summed E-state index contributed by atoms with van der Waals surface area (Å²) in [7, 11) is 0. The van der Waals surface area contributed by atoms with Crippen LogP contribution in [0.15, 0.2) is 30.3 Å². The molecule has 2 aromatic rings. The fraction of sp³-hybridized carbons (Fsp3) is 0.474. The molecule has 0 aliphatic carbocycles. The van der Waals surface area contributed by atoms with Crippen molar-refractivity contribution in [2.75, 3.05) is 6.54 Å². The number of carbonyl (C=O) groups excluding carboxylic acids is 1. The fourth-order valence-corrected chi connectivity index (χ4v) is 3.02. The van der Waals surface area contributed by atoms with Gasteiger partial charge in [0.15, 0.2) is 0 Å². The van der Waals surface area contributed by atoms with Crippen LogP contribution in [0, 0.1) is 13.8 Å². The van der Waals surface area contributed by atoms with E-state index in [0.29, 0.717) is 13.0 Å². The highest BCUT2D eigenvalue weighted by atomic mass is 16.1. The van der Waals surface area contributed by atoms with E-state index in [2.05, 4.69) is 24.3 Å². The Labute approximate surface area is 144 Å². The van der Waals surface area contributed by atoms with E-state index in [4.69, 9.17) is 5.73 Å². The number of carbonyl (C=O) groups is 1. The number of amides is 1. The van der Waals surface area contributed by atoms with E-state index in [-0.39, 0.29) is 11.4 Å². The van der Waals surface area contributed by atoms with E-state index in [1.807, 2.05) is 48.9 Å². The van der Waals surface area contributed by atoms with Gasteiger partial charge in [0.2, 0.25) is 5.91 Å². The van der Waals surface area contributed by atoms with Crippen molar-refractivity contribution in [3.8, 4) is 5.69 Å². The van der Waals surface area contributed by atoms with Crippen molar-refractivity contribution in [3.63, 3.8) is 0 Å². The second kappa shape index (κ2) is 7.62. The standard InChI is InChI=1S/C19H28N4O/c1-5-19(6-2,13-20)21-18(24)12-17-14(3)22-23(15(17)4)16-10-8-7-9-11-16/h7-11H,5-6,12-13,20H2,1-4H3,(H,21,24). The number of rotatable bonds is 7. The number of aromatic nitrogens is 2. The lowest BCUT2D eigenvalue weighted by atomic mass is 9.92. The quantitative estimate of drug-likeness (QED) is 0.821. The molecule has 5 heteroatoms. The van der Waals surface area contributed by atoms with E-state index in [9.17, 15) is 4.79 Å². The number of hydrogen-bond acceptors (Lipinski definition) is 3. The maximum absolute atomic E-state index is 12.6. The van der Waals surface area contributed by atoms with E-state index in [0.717, 1.165) is 35.5 Å². The lowest BCUT2D eigenvalue weighted by Gasteiger charge is -2.31. The van der Waals surface area contributed by atoms with E-state index in [1.165, 1.54) is 0 Å². The van der Waals surface area contributed by atoms with Crippen LogP contribution in [0.4, 0.5) is 0 Å². The van der Waals surface area contributed by atoms with Gasteiger partial charge < -0.3 is 11.1 Å². The summed E-state index contributed by atoms with van der Waals surface area (Å²) in [5, 5.41) is 7.73. The zero-order valence-electron chi connectivity index (χ0n) is 15.1. The Kier molecular flexibility index (Phi) is 5.78. The maximum Gasteiger partial charge on any atom is 0.225 e. The number of nitrogens with one attached hydrogen (secondary N) is 1. The van der Waals surface area contributed by atoms with Crippen LogP contribution in [-0.4, -0.2) is 27.8 Å². The second-order valence-corrected chi connectivity index (χ2v) is 6.31. The zero-order valence-corrected chi connectivity index (χ0v) is 15.1. The van der Waals surface area contributed by atoms with Crippen molar-refractivity contribution in [2.45, 2.75) is 52.5 Å². The van der Waals surface area contributed by atoms with Gasteiger partial charge in [0.05, 0.1) is 23.3 Å². The molecule has 24 heavy (non-hydrogen) atoms. The van der Waals surface area contributed by atoms with Crippen molar-refractivity contribution in [1.82, 2.24) is 15.1 Å². The third kappa shape index (κ3) is 3.67. The van der Waals surface area contributed by atoms with Crippen molar-refractivity contribution in [2.24, 2.45) is 5.73 Å². The minimum atomic E-state index is -0.311. The van der Waals surface area contributed by atoms with Crippen LogP contribution in [0.25, 0.3) is 5.69 Å². The summed E-state index contributed by atoms with van der Waals surface area (Å²) in [5.41, 5.74) is 9.44. The summed E-state index contributed by atoms with van der Waals surface area (Å²) in [6.45, 7) is 8.52. The molecule has 3 N–H and O–H groups in total. The van der Waals surface area contributed by atoms with Gasteiger partial charge in [-0.25, -0.2) is 4.68 Å².